The first-order chi connectivity index (χ1) is 8.02. The largest absolute Gasteiger partial charge is 0.480 e. The van der Waals surface area contributed by atoms with Crippen molar-refractivity contribution in [1.82, 2.24) is 10.6 Å². The van der Waals surface area contributed by atoms with Crippen molar-refractivity contribution in [3.63, 3.8) is 0 Å². The van der Waals surface area contributed by atoms with Crippen LogP contribution in [0.5, 0.6) is 0 Å². The van der Waals surface area contributed by atoms with E-state index in [1.54, 1.807) is 0 Å². The van der Waals surface area contributed by atoms with Crippen LogP contribution in [0.25, 0.3) is 0 Å². The minimum atomic E-state index is -1.13. The van der Waals surface area contributed by atoms with E-state index >= 15 is 0 Å². The summed E-state index contributed by atoms with van der Waals surface area (Å²) in [5, 5.41) is 22.6. The molecule has 0 spiro atoms. The first kappa shape index (κ1) is 13.8. The second-order valence-electron chi connectivity index (χ2n) is 4.64. The first-order valence-corrected chi connectivity index (χ1v) is 5.93. The number of aliphatic hydroxyl groups excluding tert-OH is 1. The number of urea groups is 1. The van der Waals surface area contributed by atoms with Crippen LogP contribution < -0.4 is 10.6 Å². The number of carbonyl (C=O) groups excluding carboxylic acids is 1. The number of hydrogen-bond donors (Lipinski definition) is 4. The van der Waals surface area contributed by atoms with Crippen molar-refractivity contribution in [3.8, 4) is 0 Å². The highest BCUT2D eigenvalue weighted by Gasteiger charge is 2.25. The van der Waals surface area contributed by atoms with E-state index in [1.165, 1.54) is 0 Å². The van der Waals surface area contributed by atoms with Gasteiger partial charge in [-0.2, -0.15) is 0 Å². The van der Waals surface area contributed by atoms with E-state index in [0.29, 0.717) is 5.92 Å². The van der Waals surface area contributed by atoms with Gasteiger partial charge in [-0.25, -0.2) is 9.59 Å². The summed E-state index contributed by atoms with van der Waals surface area (Å²) < 4.78 is 0. The molecule has 0 aromatic carbocycles. The Bertz CT molecular complexity index is 283. The first-order valence-electron chi connectivity index (χ1n) is 5.93. The Kier molecular flexibility index (Phi) is 5.21. The maximum atomic E-state index is 11.5. The third kappa shape index (κ3) is 4.60. The van der Waals surface area contributed by atoms with Crippen molar-refractivity contribution in [1.29, 1.82) is 0 Å². The number of rotatable bonds is 5. The van der Waals surface area contributed by atoms with Gasteiger partial charge in [0.15, 0.2) is 0 Å². The lowest BCUT2D eigenvalue weighted by Crippen LogP contribution is -2.48. The zero-order chi connectivity index (χ0) is 12.8. The molecule has 0 aromatic heterocycles. The maximum absolute atomic E-state index is 11.5. The van der Waals surface area contributed by atoms with Crippen LogP contribution in [-0.2, 0) is 4.79 Å². The molecule has 1 fully saturated rings. The predicted molar refractivity (Wildman–Crippen MR) is 61.6 cm³/mol. The van der Waals surface area contributed by atoms with Gasteiger partial charge in [-0.1, -0.05) is 6.92 Å². The molecule has 1 saturated carbocycles. The summed E-state index contributed by atoms with van der Waals surface area (Å²) in [6, 6.07) is -1.36. The smallest absolute Gasteiger partial charge is 0.326 e. The standard InChI is InChI=1S/C11H20N2O4/c1-7-2-3-8(6-7)12-11(17)13-9(4-5-14)10(15)16/h7-9,14H,2-6H2,1H3,(H,15,16)(H2,12,13,17). The van der Waals surface area contributed by atoms with Crippen LogP contribution in [0.4, 0.5) is 4.79 Å². The van der Waals surface area contributed by atoms with Gasteiger partial charge in [0.2, 0.25) is 0 Å². The molecule has 0 radical (unpaired) electrons. The molecule has 98 valence electrons. The van der Waals surface area contributed by atoms with Crippen LogP contribution in [0.3, 0.4) is 0 Å². The van der Waals surface area contributed by atoms with Gasteiger partial charge in [-0.3, -0.25) is 0 Å². The highest BCUT2D eigenvalue weighted by atomic mass is 16.4. The van der Waals surface area contributed by atoms with Crippen molar-refractivity contribution in [2.24, 2.45) is 5.92 Å². The summed E-state index contributed by atoms with van der Waals surface area (Å²) >= 11 is 0. The van der Waals surface area contributed by atoms with Gasteiger partial charge in [0.1, 0.15) is 6.04 Å². The maximum Gasteiger partial charge on any atom is 0.326 e. The SMILES string of the molecule is CC1CCC(NC(=O)NC(CCO)C(=O)O)C1. The average Bonchev–Trinajstić information content (AvgIpc) is 2.63. The Labute approximate surface area is 100 Å². The number of aliphatic hydroxyl groups is 1. The zero-order valence-electron chi connectivity index (χ0n) is 9.98. The molecule has 0 heterocycles. The number of carbonyl (C=O) groups is 2. The molecule has 0 aliphatic heterocycles. The van der Waals surface area contributed by atoms with Crippen molar-refractivity contribution >= 4 is 12.0 Å². The lowest BCUT2D eigenvalue weighted by Gasteiger charge is -2.17. The van der Waals surface area contributed by atoms with E-state index in [9.17, 15) is 9.59 Å². The summed E-state index contributed by atoms with van der Waals surface area (Å²) in [7, 11) is 0. The molecule has 1 rings (SSSR count). The van der Waals surface area contributed by atoms with Gasteiger partial charge in [-0.05, 0) is 25.2 Å². The van der Waals surface area contributed by atoms with Gasteiger partial charge in [0, 0.05) is 19.1 Å². The molecule has 4 N–H and O–H groups in total. The second kappa shape index (κ2) is 6.44. The molecule has 1 aliphatic carbocycles. The van der Waals surface area contributed by atoms with Gasteiger partial charge in [0.05, 0.1) is 0 Å². The molecular formula is C11H20N2O4. The predicted octanol–water partition coefficient (Wildman–Crippen LogP) is 0.310. The molecule has 0 bridgehead atoms. The van der Waals surface area contributed by atoms with E-state index in [0.717, 1.165) is 19.3 Å². The van der Waals surface area contributed by atoms with Crippen LogP contribution >= 0.6 is 0 Å². The fourth-order valence-corrected chi connectivity index (χ4v) is 2.11. The second-order valence-corrected chi connectivity index (χ2v) is 4.64. The van der Waals surface area contributed by atoms with E-state index in [-0.39, 0.29) is 19.1 Å². The summed E-state index contributed by atoms with van der Waals surface area (Å²) in [6.07, 6.45) is 2.98. The number of aliphatic carboxylic acids is 1. The molecule has 1 aliphatic rings. The fraction of sp³-hybridized carbons (Fsp3) is 0.818. The lowest BCUT2D eigenvalue weighted by atomic mass is 10.1. The molecule has 3 unspecified atom stereocenters. The summed E-state index contributed by atoms with van der Waals surface area (Å²) in [4.78, 5) is 22.3. The van der Waals surface area contributed by atoms with E-state index < -0.39 is 18.0 Å². The highest BCUT2D eigenvalue weighted by molar-refractivity contribution is 5.82. The number of hydrogen-bond acceptors (Lipinski definition) is 3. The quantitative estimate of drug-likeness (QED) is 0.559. The van der Waals surface area contributed by atoms with Crippen molar-refractivity contribution in [2.45, 2.75) is 44.7 Å². The topological polar surface area (TPSA) is 98.7 Å². The summed E-state index contributed by atoms with van der Waals surface area (Å²) in [6.45, 7) is 1.86. The summed E-state index contributed by atoms with van der Waals surface area (Å²) in [5.41, 5.74) is 0. The van der Waals surface area contributed by atoms with Crippen LogP contribution in [-0.4, -0.2) is 40.9 Å². The van der Waals surface area contributed by atoms with Gasteiger partial charge in [0.25, 0.3) is 0 Å². The van der Waals surface area contributed by atoms with E-state index in [2.05, 4.69) is 17.6 Å². The monoisotopic (exact) mass is 244 g/mol. The van der Waals surface area contributed by atoms with Gasteiger partial charge >= 0.3 is 12.0 Å². The summed E-state index contributed by atoms with van der Waals surface area (Å²) in [5.74, 6) is -0.526. The lowest BCUT2D eigenvalue weighted by molar-refractivity contribution is -0.139. The van der Waals surface area contributed by atoms with Crippen LogP contribution in [0, 0.1) is 5.92 Å². The third-order valence-corrected chi connectivity index (χ3v) is 3.05. The molecule has 0 saturated heterocycles. The Hall–Kier alpha value is -1.30. The van der Waals surface area contributed by atoms with Crippen LogP contribution in [0.1, 0.15) is 32.6 Å². The Morgan fingerprint density at radius 3 is 2.59 bits per heavy atom. The van der Waals surface area contributed by atoms with E-state index in [4.69, 9.17) is 10.2 Å². The normalized spacial score (nSPS) is 25.3. The Balaban J connectivity index is 2.34. The number of nitrogens with one attached hydrogen (secondary N) is 2. The van der Waals surface area contributed by atoms with Crippen molar-refractivity contribution in [2.75, 3.05) is 6.61 Å². The molecule has 6 nitrogen and oxygen atoms in total. The number of carboxylic acid groups (broad SMARTS) is 1. The Morgan fingerprint density at radius 1 is 1.41 bits per heavy atom. The van der Waals surface area contributed by atoms with Crippen molar-refractivity contribution in [3.05, 3.63) is 0 Å². The molecular weight excluding hydrogens is 224 g/mol. The van der Waals surface area contributed by atoms with Crippen LogP contribution in [0.2, 0.25) is 0 Å². The Morgan fingerprint density at radius 2 is 2.12 bits per heavy atom. The number of carboxylic acids is 1. The molecule has 2 amide bonds. The molecule has 3 atom stereocenters. The number of amides is 2. The minimum absolute atomic E-state index is 0.0177. The van der Waals surface area contributed by atoms with Crippen LogP contribution in [0.15, 0.2) is 0 Å². The van der Waals surface area contributed by atoms with E-state index in [1.807, 2.05) is 0 Å². The van der Waals surface area contributed by atoms with Gasteiger partial charge < -0.3 is 20.8 Å². The zero-order valence-corrected chi connectivity index (χ0v) is 9.98. The highest BCUT2D eigenvalue weighted by Crippen LogP contribution is 2.24. The fourth-order valence-electron chi connectivity index (χ4n) is 2.11. The molecule has 6 heteroatoms. The van der Waals surface area contributed by atoms with Crippen molar-refractivity contribution < 1.29 is 19.8 Å². The average molecular weight is 244 g/mol. The third-order valence-electron chi connectivity index (χ3n) is 3.05. The van der Waals surface area contributed by atoms with Gasteiger partial charge in [-0.15, -0.1) is 0 Å². The minimum Gasteiger partial charge on any atom is -0.480 e. The molecule has 0 aromatic rings. The molecule has 17 heavy (non-hydrogen) atoms.